The second-order valence-corrected chi connectivity index (χ2v) is 5.63. The lowest BCUT2D eigenvalue weighted by Gasteiger charge is -2.13. The first kappa shape index (κ1) is 14.0. The molecule has 3 nitrogen and oxygen atoms in total. The topological polar surface area (TPSA) is 30.5 Å². The number of hydrogen-bond donors (Lipinski definition) is 1. The van der Waals surface area contributed by atoms with Crippen LogP contribution in [0.4, 0.5) is 0 Å². The maximum atomic E-state index is 5.53. The summed E-state index contributed by atoms with van der Waals surface area (Å²) in [6, 6.07) is 10.5. The predicted molar refractivity (Wildman–Crippen MR) is 83.8 cm³/mol. The molecule has 21 heavy (non-hydrogen) atoms. The zero-order chi connectivity index (χ0) is 14.8. The van der Waals surface area contributed by atoms with Gasteiger partial charge in [-0.05, 0) is 43.5 Å². The van der Waals surface area contributed by atoms with Crippen molar-refractivity contribution in [1.29, 1.82) is 0 Å². The lowest BCUT2D eigenvalue weighted by atomic mass is 10.00. The van der Waals surface area contributed by atoms with Gasteiger partial charge in [0.25, 0.3) is 0 Å². The van der Waals surface area contributed by atoms with Crippen LogP contribution in [-0.4, -0.2) is 6.79 Å². The molecule has 0 saturated heterocycles. The number of rotatable bonds is 4. The number of nitrogens with one attached hydrogen (secondary N) is 1. The molecule has 1 heterocycles. The maximum absolute atomic E-state index is 5.53. The van der Waals surface area contributed by atoms with E-state index in [4.69, 9.17) is 9.47 Å². The third kappa shape index (κ3) is 2.88. The molecule has 0 spiro atoms. The third-order valence-corrected chi connectivity index (χ3v) is 3.94. The highest BCUT2D eigenvalue weighted by molar-refractivity contribution is 5.48. The number of para-hydroxylation sites is 1. The minimum atomic E-state index is 0.322. The Labute approximate surface area is 125 Å². The minimum absolute atomic E-state index is 0.322. The van der Waals surface area contributed by atoms with Gasteiger partial charge in [0.15, 0.2) is 11.5 Å². The van der Waals surface area contributed by atoms with E-state index in [2.05, 4.69) is 44.3 Å². The van der Waals surface area contributed by atoms with Crippen molar-refractivity contribution < 1.29 is 9.47 Å². The molecule has 0 amide bonds. The van der Waals surface area contributed by atoms with Crippen LogP contribution < -0.4 is 14.8 Å². The zero-order valence-electron chi connectivity index (χ0n) is 12.8. The van der Waals surface area contributed by atoms with Crippen molar-refractivity contribution in [3.05, 3.63) is 58.1 Å². The molecule has 3 rings (SSSR count). The Hall–Kier alpha value is -2.00. The van der Waals surface area contributed by atoms with Crippen molar-refractivity contribution in [2.75, 3.05) is 6.79 Å². The van der Waals surface area contributed by atoms with E-state index in [1.807, 2.05) is 12.1 Å². The van der Waals surface area contributed by atoms with Gasteiger partial charge in [-0.15, -0.1) is 0 Å². The first-order valence-corrected chi connectivity index (χ1v) is 7.30. The molecule has 0 atom stereocenters. The van der Waals surface area contributed by atoms with Gasteiger partial charge < -0.3 is 14.8 Å². The quantitative estimate of drug-likeness (QED) is 0.929. The van der Waals surface area contributed by atoms with E-state index in [1.54, 1.807) is 0 Å². The molecule has 1 N–H and O–H groups in total. The van der Waals surface area contributed by atoms with Crippen molar-refractivity contribution >= 4 is 0 Å². The molecule has 2 aromatic rings. The monoisotopic (exact) mass is 283 g/mol. The summed E-state index contributed by atoms with van der Waals surface area (Å²) < 4.78 is 10.9. The summed E-state index contributed by atoms with van der Waals surface area (Å²) in [7, 11) is 0. The fourth-order valence-corrected chi connectivity index (χ4v) is 2.94. The molecule has 3 heteroatoms. The van der Waals surface area contributed by atoms with Gasteiger partial charge in [0, 0.05) is 18.7 Å². The van der Waals surface area contributed by atoms with Crippen molar-refractivity contribution in [2.45, 2.75) is 33.9 Å². The summed E-state index contributed by atoms with van der Waals surface area (Å²) in [4.78, 5) is 0. The van der Waals surface area contributed by atoms with Crippen molar-refractivity contribution in [2.24, 2.45) is 0 Å². The van der Waals surface area contributed by atoms with Crippen molar-refractivity contribution in [3.63, 3.8) is 0 Å². The molecular formula is C18H21NO2. The van der Waals surface area contributed by atoms with Crippen molar-refractivity contribution in [1.82, 2.24) is 5.32 Å². The van der Waals surface area contributed by atoms with Crippen LogP contribution in [0.15, 0.2) is 30.3 Å². The Morgan fingerprint density at radius 1 is 1.00 bits per heavy atom. The average Bonchev–Trinajstić information content (AvgIpc) is 2.90. The molecule has 2 aromatic carbocycles. The lowest BCUT2D eigenvalue weighted by Crippen LogP contribution is -2.15. The maximum Gasteiger partial charge on any atom is 0.231 e. The van der Waals surface area contributed by atoms with E-state index in [-0.39, 0.29) is 0 Å². The van der Waals surface area contributed by atoms with E-state index in [9.17, 15) is 0 Å². The highest BCUT2D eigenvalue weighted by Crippen LogP contribution is 2.35. The van der Waals surface area contributed by atoms with Gasteiger partial charge >= 0.3 is 0 Å². The average molecular weight is 283 g/mol. The SMILES string of the molecule is Cc1cc(C)c(CNCc2cccc3c2OCO3)c(C)c1. The molecule has 110 valence electrons. The van der Waals surface area contributed by atoms with Crippen LogP contribution in [0.25, 0.3) is 0 Å². The Bertz CT molecular complexity index is 641. The van der Waals surface area contributed by atoms with Crippen LogP contribution in [0.3, 0.4) is 0 Å². The molecule has 0 radical (unpaired) electrons. The van der Waals surface area contributed by atoms with E-state index in [0.29, 0.717) is 6.79 Å². The molecule has 0 aliphatic carbocycles. The minimum Gasteiger partial charge on any atom is -0.454 e. The molecule has 0 saturated carbocycles. The molecule has 1 aliphatic heterocycles. The highest BCUT2D eigenvalue weighted by Gasteiger charge is 2.16. The number of benzene rings is 2. The van der Waals surface area contributed by atoms with E-state index < -0.39 is 0 Å². The van der Waals surface area contributed by atoms with Crippen LogP contribution >= 0.6 is 0 Å². The fraction of sp³-hybridized carbons (Fsp3) is 0.333. The third-order valence-electron chi connectivity index (χ3n) is 3.94. The fourth-order valence-electron chi connectivity index (χ4n) is 2.94. The second kappa shape index (κ2) is 5.78. The van der Waals surface area contributed by atoms with Gasteiger partial charge in [-0.25, -0.2) is 0 Å². The highest BCUT2D eigenvalue weighted by atomic mass is 16.7. The van der Waals surface area contributed by atoms with Crippen LogP contribution in [0.2, 0.25) is 0 Å². The normalized spacial score (nSPS) is 12.7. The second-order valence-electron chi connectivity index (χ2n) is 5.63. The summed E-state index contributed by atoms with van der Waals surface area (Å²) in [6.45, 7) is 8.45. The zero-order valence-corrected chi connectivity index (χ0v) is 12.8. The van der Waals surface area contributed by atoms with E-state index in [0.717, 1.165) is 30.2 Å². The van der Waals surface area contributed by atoms with Crippen LogP contribution in [0, 0.1) is 20.8 Å². The number of fused-ring (bicyclic) bond motifs is 1. The van der Waals surface area contributed by atoms with Crippen LogP contribution in [-0.2, 0) is 13.1 Å². The van der Waals surface area contributed by atoms with Crippen molar-refractivity contribution in [3.8, 4) is 11.5 Å². The Balaban J connectivity index is 1.69. The van der Waals surface area contributed by atoms with Gasteiger partial charge in [0.1, 0.15) is 0 Å². The Kier molecular flexibility index (Phi) is 3.84. The standard InChI is InChI=1S/C18H21NO2/c1-12-7-13(2)16(14(3)8-12)10-19-9-15-5-4-6-17-18(15)21-11-20-17/h4-8,19H,9-11H2,1-3H3. The lowest BCUT2D eigenvalue weighted by molar-refractivity contribution is 0.173. The molecule has 0 bridgehead atoms. The first-order chi connectivity index (χ1) is 10.1. The first-order valence-electron chi connectivity index (χ1n) is 7.30. The van der Waals surface area contributed by atoms with E-state index >= 15 is 0 Å². The van der Waals surface area contributed by atoms with Gasteiger partial charge in [-0.2, -0.15) is 0 Å². The summed E-state index contributed by atoms with van der Waals surface area (Å²) in [5, 5.41) is 3.51. The smallest absolute Gasteiger partial charge is 0.231 e. The largest absolute Gasteiger partial charge is 0.454 e. The van der Waals surface area contributed by atoms with Gasteiger partial charge in [0.2, 0.25) is 6.79 Å². The summed E-state index contributed by atoms with van der Waals surface area (Å²) in [5.41, 5.74) is 6.54. The summed E-state index contributed by atoms with van der Waals surface area (Å²) in [5.74, 6) is 1.72. The Morgan fingerprint density at radius 2 is 1.76 bits per heavy atom. The van der Waals surface area contributed by atoms with Crippen LogP contribution in [0.1, 0.15) is 27.8 Å². The Morgan fingerprint density at radius 3 is 2.52 bits per heavy atom. The molecular weight excluding hydrogens is 262 g/mol. The van der Waals surface area contributed by atoms with Gasteiger partial charge in [-0.3, -0.25) is 0 Å². The number of hydrogen-bond acceptors (Lipinski definition) is 3. The summed E-state index contributed by atoms with van der Waals surface area (Å²) >= 11 is 0. The summed E-state index contributed by atoms with van der Waals surface area (Å²) in [6.07, 6.45) is 0. The molecule has 0 aromatic heterocycles. The molecule has 1 aliphatic rings. The molecule has 0 unspecified atom stereocenters. The molecule has 0 fully saturated rings. The van der Waals surface area contributed by atoms with Crippen LogP contribution in [0.5, 0.6) is 11.5 Å². The van der Waals surface area contributed by atoms with Gasteiger partial charge in [-0.1, -0.05) is 29.8 Å². The van der Waals surface area contributed by atoms with Gasteiger partial charge in [0.05, 0.1) is 0 Å². The predicted octanol–water partition coefficient (Wildman–Crippen LogP) is 3.63. The van der Waals surface area contributed by atoms with E-state index in [1.165, 1.54) is 22.3 Å². The number of aryl methyl sites for hydroxylation is 3. The number of ether oxygens (including phenoxy) is 2.